The first-order valence-corrected chi connectivity index (χ1v) is 5.43. The van der Waals surface area contributed by atoms with E-state index in [1.807, 2.05) is 0 Å². The van der Waals surface area contributed by atoms with Gasteiger partial charge >= 0.3 is 11.7 Å². The highest BCUT2D eigenvalue weighted by Gasteiger charge is 2.25. The number of nitrogens with zero attached hydrogens (tertiary/aromatic N) is 1. The molecule has 6 nitrogen and oxygen atoms in total. The zero-order valence-corrected chi connectivity index (χ0v) is 9.95. The third-order valence-electron chi connectivity index (χ3n) is 2.45. The Bertz CT molecular complexity index is 669. The number of ether oxygens (including phenoxy) is 1. The first kappa shape index (κ1) is 13.5. The van der Waals surface area contributed by atoms with Crippen LogP contribution >= 0.6 is 0 Å². The van der Waals surface area contributed by atoms with Crippen LogP contribution in [0.4, 0.5) is 10.1 Å². The van der Waals surface area contributed by atoms with Gasteiger partial charge in [-0.15, -0.1) is 0 Å². The molecule has 1 N–H and O–H groups in total. The number of aromatic carboxylic acids is 1. The quantitative estimate of drug-likeness (QED) is 0.684. The van der Waals surface area contributed by atoms with Crippen LogP contribution in [0.5, 0.6) is 11.5 Å². The zero-order chi connectivity index (χ0) is 14.7. The van der Waals surface area contributed by atoms with Gasteiger partial charge < -0.3 is 9.84 Å². The van der Waals surface area contributed by atoms with Crippen LogP contribution in [0.25, 0.3) is 0 Å². The van der Waals surface area contributed by atoms with Gasteiger partial charge in [-0.1, -0.05) is 6.07 Å². The lowest BCUT2D eigenvalue weighted by Gasteiger charge is -2.07. The minimum atomic E-state index is -1.43. The Balaban J connectivity index is 2.46. The third kappa shape index (κ3) is 2.72. The van der Waals surface area contributed by atoms with E-state index in [0.717, 1.165) is 18.2 Å². The number of benzene rings is 2. The SMILES string of the molecule is O=C(O)c1cccc(Oc2ccc(F)cc2)c1[N+](=O)[O-]. The summed E-state index contributed by atoms with van der Waals surface area (Å²) in [6.45, 7) is 0. The summed E-state index contributed by atoms with van der Waals surface area (Å²) in [5.41, 5.74) is -1.13. The number of para-hydroxylation sites is 1. The van der Waals surface area contributed by atoms with E-state index in [4.69, 9.17) is 9.84 Å². The average Bonchev–Trinajstić information content (AvgIpc) is 2.40. The number of carboxylic acids is 1. The third-order valence-corrected chi connectivity index (χ3v) is 2.45. The molecule has 2 rings (SSSR count). The normalized spacial score (nSPS) is 10.1. The Morgan fingerprint density at radius 3 is 2.40 bits per heavy atom. The van der Waals surface area contributed by atoms with Crippen LogP contribution in [0.1, 0.15) is 10.4 Å². The molecule has 0 aliphatic carbocycles. The molecule has 102 valence electrons. The molecule has 0 aliphatic rings. The predicted molar refractivity (Wildman–Crippen MR) is 66.5 cm³/mol. The van der Waals surface area contributed by atoms with E-state index in [0.29, 0.717) is 0 Å². The van der Waals surface area contributed by atoms with Crippen molar-refractivity contribution >= 4 is 11.7 Å². The summed E-state index contributed by atoms with van der Waals surface area (Å²) in [5.74, 6) is -1.97. The monoisotopic (exact) mass is 277 g/mol. The highest BCUT2D eigenvalue weighted by Crippen LogP contribution is 2.34. The van der Waals surface area contributed by atoms with Gasteiger partial charge in [0.25, 0.3) is 0 Å². The molecule has 0 aromatic heterocycles. The molecule has 20 heavy (non-hydrogen) atoms. The number of nitro benzene ring substituents is 1. The average molecular weight is 277 g/mol. The number of hydrogen-bond acceptors (Lipinski definition) is 4. The Kier molecular flexibility index (Phi) is 3.60. The van der Waals surface area contributed by atoms with Crippen molar-refractivity contribution in [3.05, 3.63) is 64.0 Å². The van der Waals surface area contributed by atoms with Crippen LogP contribution in [0, 0.1) is 15.9 Å². The Morgan fingerprint density at radius 2 is 1.85 bits per heavy atom. The maximum absolute atomic E-state index is 12.8. The van der Waals surface area contributed by atoms with Crippen LogP contribution in [0.15, 0.2) is 42.5 Å². The van der Waals surface area contributed by atoms with Crippen molar-refractivity contribution in [1.82, 2.24) is 0 Å². The Morgan fingerprint density at radius 1 is 1.20 bits per heavy atom. The van der Waals surface area contributed by atoms with E-state index >= 15 is 0 Å². The highest BCUT2D eigenvalue weighted by atomic mass is 19.1. The van der Waals surface area contributed by atoms with E-state index < -0.39 is 28.0 Å². The minimum absolute atomic E-state index is 0.164. The number of halogens is 1. The van der Waals surface area contributed by atoms with E-state index in [2.05, 4.69) is 0 Å². The predicted octanol–water partition coefficient (Wildman–Crippen LogP) is 3.22. The molecule has 0 heterocycles. The van der Waals surface area contributed by atoms with Crippen molar-refractivity contribution in [1.29, 1.82) is 0 Å². The lowest BCUT2D eigenvalue weighted by Crippen LogP contribution is -2.04. The first-order chi connectivity index (χ1) is 9.49. The second-order valence-corrected chi connectivity index (χ2v) is 3.77. The van der Waals surface area contributed by atoms with Gasteiger partial charge in [-0.05, 0) is 36.4 Å². The van der Waals surface area contributed by atoms with Crippen molar-refractivity contribution < 1.29 is 24.0 Å². The molecular weight excluding hydrogens is 269 g/mol. The van der Waals surface area contributed by atoms with Crippen LogP contribution in [0.2, 0.25) is 0 Å². The van der Waals surface area contributed by atoms with Crippen molar-refractivity contribution in [3.63, 3.8) is 0 Å². The molecule has 0 saturated carbocycles. The molecule has 0 spiro atoms. The van der Waals surface area contributed by atoms with Crippen LogP contribution in [0.3, 0.4) is 0 Å². The fourth-order valence-corrected chi connectivity index (χ4v) is 1.60. The topological polar surface area (TPSA) is 89.7 Å². The van der Waals surface area contributed by atoms with Crippen LogP contribution in [-0.2, 0) is 0 Å². The van der Waals surface area contributed by atoms with Crippen molar-refractivity contribution in [2.75, 3.05) is 0 Å². The summed E-state index contributed by atoms with van der Waals surface area (Å²) < 4.78 is 18.0. The molecule has 0 fully saturated rings. The number of hydrogen-bond donors (Lipinski definition) is 1. The Hall–Kier alpha value is -2.96. The second kappa shape index (κ2) is 5.35. The number of carboxylic acid groups (broad SMARTS) is 1. The van der Waals surface area contributed by atoms with E-state index in [1.165, 1.54) is 24.3 Å². The molecular formula is C13H8FNO5. The summed E-state index contributed by atoms with van der Waals surface area (Å²) in [6.07, 6.45) is 0. The standard InChI is InChI=1S/C13H8FNO5/c14-8-4-6-9(7-5-8)20-11-3-1-2-10(13(16)17)12(11)15(18)19/h1-7H,(H,16,17). The number of carbonyl (C=O) groups is 1. The first-order valence-electron chi connectivity index (χ1n) is 5.43. The second-order valence-electron chi connectivity index (χ2n) is 3.77. The zero-order valence-electron chi connectivity index (χ0n) is 9.95. The van der Waals surface area contributed by atoms with Gasteiger partial charge in [-0.3, -0.25) is 10.1 Å². The molecule has 0 atom stereocenters. The molecule has 0 radical (unpaired) electrons. The number of nitro groups is 1. The molecule has 2 aromatic rings. The molecule has 2 aromatic carbocycles. The minimum Gasteiger partial charge on any atom is -0.477 e. The van der Waals surface area contributed by atoms with Gasteiger partial charge in [0.1, 0.15) is 17.1 Å². The van der Waals surface area contributed by atoms with Crippen molar-refractivity contribution in [2.24, 2.45) is 0 Å². The molecule has 0 aliphatic heterocycles. The largest absolute Gasteiger partial charge is 0.477 e. The summed E-state index contributed by atoms with van der Waals surface area (Å²) >= 11 is 0. The lowest BCUT2D eigenvalue weighted by molar-refractivity contribution is -0.386. The maximum Gasteiger partial charge on any atom is 0.342 e. The molecule has 7 heteroatoms. The highest BCUT2D eigenvalue weighted by molar-refractivity contribution is 5.93. The van der Waals surface area contributed by atoms with Crippen molar-refractivity contribution in [3.8, 4) is 11.5 Å². The summed E-state index contributed by atoms with van der Waals surface area (Å²) in [4.78, 5) is 21.1. The van der Waals surface area contributed by atoms with E-state index in [-0.39, 0.29) is 11.5 Å². The van der Waals surface area contributed by atoms with E-state index in [1.54, 1.807) is 0 Å². The van der Waals surface area contributed by atoms with E-state index in [9.17, 15) is 19.3 Å². The number of rotatable bonds is 4. The molecule has 0 saturated heterocycles. The summed E-state index contributed by atoms with van der Waals surface area (Å²) in [6, 6.07) is 8.53. The van der Waals surface area contributed by atoms with Gasteiger partial charge in [-0.25, -0.2) is 9.18 Å². The summed E-state index contributed by atoms with van der Waals surface area (Å²) in [5, 5.41) is 19.9. The smallest absolute Gasteiger partial charge is 0.342 e. The van der Waals surface area contributed by atoms with Gasteiger partial charge in [0.15, 0.2) is 0 Å². The van der Waals surface area contributed by atoms with Crippen molar-refractivity contribution in [2.45, 2.75) is 0 Å². The fourth-order valence-electron chi connectivity index (χ4n) is 1.60. The molecule has 0 amide bonds. The molecule has 0 bridgehead atoms. The molecule has 0 unspecified atom stereocenters. The van der Waals surface area contributed by atoms with Gasteiger partial charge in [0.05, 0.1) is 4.92 Å². The maximum atomic E-state index is 12.8. The van der Waals surface area contributed by atoms with Crippen LogP contribution in [-0.4, -0.2) is 16.0 Å². The fraction of sp³-hybridized carbons (Fsp3) is 0. The lowest BCUT2D eigenvalue weighted by atomic mass is 10.1. The van der Waals surface area contributed by atoms with Gasteiger partial charge in [-0.2, -0.15) is 0 Å². The van der Waals surface area contributed by atoms with Gasteiger partial charge in [0.2, 0.25) is 5.75 Å². The van der Waals surface area contributed by atoms with Gasteiger partial charge in [0, 0.05) is 0 Å². The Labute approximate surface area is 112 Å². The van der Waals surface area contributed by atoms with Crippen LogP contribution < -0.4 is 4.74 Å². The summed E-state index contributed by atoms with van der Waals surface area (Å²) in [7, 11) is 0.